The predicted molar refractivity (Wildman–Crippen MR) is 36.3 cm³/mol. The molecule has 0 radical (unpaired) electrons. The summed E-state index contributed by atoms with van der Waals surface area (Å²) in [6.07, 6.45) is -5.88. The molecule has 0 bridgehead atoms. The number of hydrogen-bond donors (Lipinski definition) is 0. The highest BCUT2D eigenvalue weighted by atomic mass is 19.4. The monoisotopic (exact) mass is 170 g/mol. The minimum atomic E-state index is -4.23. The van der Waals surface area contributed by atoms with Gasteiger partial charge in [0.05, 0.1) is 0 Å². The van der Waals surface area contributed by atoms with Gasteiger partial charge in [0.2, 0.25) is 0 Å². The zero-order valence-electron chi connectivity index (χ0n) is 6.90. The number of ether oxygens (including phenoxy) is 1. The van der Waals surface area contributed by atoms with Crippen LogP contribution in [0, 0.1) is 5.92 Å². The Balaban J connectivity index is 3.61. The average Bonchev–Trinajstić information content (AvgIpc) is 1.80. The van der Waals surface area contributed by atoms with E-state index < -0.39 is 12.3 Å². The standard InChI is InChI=1S/C7H13F3O/c1-5(2)4-11-6(3)7(8,9)10/h5-6H,4H2,1-3H3. The third-order valence-electron chi connectivity index (χ3n) is 1.14. The van der Waals surface area contributed by atoms with Crippen molar-refractivity contribution in [2.45, 2.75) is 33.1 Å². The lowest BCUT2D eigenvalue weighted by Gasteiger charge is -2.17. The Kier molecular flexibility index (Phi) is 3.86. The van der Waals surface area contributed by atoms with Crippen LogP contribution < -0.4 is 0 Å². The maximum absolute atomic E-state index is 11.8. The SMILES string of the molecule is CC(C)COC(C)C(F)(F)F. The van der Waals surface area contributed by atoms with Crippen molar-refractivity contribution in [2.75, 3.05) is 6.61 Å². The third-order valence-corrected chi connectivity index (χ3v) is 1.14. The molecule has 0 aromatic carbocycles. The Hall–Kier alpha value is -0.250. The van der Waals surface area contributed by atoms with Gasteiger partial charge in [-0.2, -0.15) is 13.2 Å². The maximum Gasteiger partial charge on any atom is 0.414 e. The van der Waals surface area contributed by atoms with Gasteiger partial charge in [-0.3, -0.25) is 0 Å². The van der Waals surface area contributed by atoms with Crippen LogP contribution in [0.1, 0.15) is 20.8 Å². The Labute approximate surface area is 64.5 Å². The van der Waals surface area contributed by atoms with Crippen LogP contribution in [0.2, 0.25) is 0 Å². The first-order chi connectivity index (χ1) is 4.84. The molecule has 0 aliphatic rings. The summed E-state index contributed by atoms with van der Waals surface area (Å²) in [6.45, 7) is 4.79. The molecule has 0 aromatic rings. The number of rotatable bonds is 3. The minimum absolute atomic E-state index is 0.139. The molecule has 0 aliphatic heterocycles. The van der Waals surface area contributed by atoms with Crippen molar-refractivity contribution in [1.82, 2.24) is 0 Å². The van der Waals surface area contributed by atoms with Gasteiger partial charge in [0.25, 0.3) is 0 Å². The fourth-order valence-corrected chi connectivity index (χ4v) is 0.431. The van der Waals surface area contributed by atoms with E-state index >= 15 is 0 Å². The second-order valence-corrected chi connectivity index (χ2v) is 2.91. The van der Waals surface area contributed by atoms with Gasteiger partial charge in [-0.1, -0.05) is 13.8 Å². The summed E-state index contributed by atoms with van der Waals surface area (Å²) in [5, 5.41) is 0. The first-order valence-electron chi connectivity index (χ1n) is 3.52. The second kappa shape index (κ2) is 3.95. The van der Waals surface area contributed by atoms with E-state index in [-0.39, 0.29) is 12.5 Å². The maximum atomic E-state index is 11.8. The van der Waals surface area contributed by atoms with Crippen LogP contribution in [0.15, 0.2) is 0 Å². The van der Waals surface area contributed by atoms with Crippen molar-refractivity contribution in [1.29, 1.82) is 0 Å². The van der Waals surface area contributed by atoms with E-state index in [9.17, 15) is 13.2 Å². The van der Waals surface area contributed by atoms with Crippen molar-refractivity contribution >= 4 is 0 Å². The fraction of sp³-hybridized carbons (Fsp3) is 1.00. The van der Waals surface area contributed by atoms with E-state index in [1.165, 1.54) is 0 Å². The number of halogens is 3. The van der Waals surface area contributed by atoms with Gasteiger partial charge >= 0.3 is 6.18 Å². The molecule has 0 aliphatic carbocycles. The van der Waals surface area contributed by atoms with Crippen molar-refractivity contribution in [3.8, 4) is 0 Å². The van der Waals surface area contributed by atoms with Gasteiger partial charge < -0.3 is 4.74 Å². The zero-order valence-corrected chi connectivity index (χ0v) is 6.90. The fourth-order valence-electron chi connectivity index (χ4n) is 0.431. The van der Waals surface area contributed by atoms with Crippen LogP contribution in [0.5, 0.6) is 0 Å². The van der Waals surface area contributed by atoms with E-state index in [1.807, 2.05) is 13.8 Å². The van der Waals surface area contributed by atoms with Crippen LogP contribution in [0.3, 0.4) is 0 Å². The van der Waals surface area contributed by atoms with E-state index in [0.29, 0.717) is 0 Å². The molecule has 0 saturated carbocycles. The van der Waals surface area contributed by atoms with Gasteiger partial charge in [-0.15, -0.1) is 0 Å². The largest absolute Gasteiger partial charge is 0.414 e. The van der Waals surface area contributed by atoms with E-state index in [1.54, 1.807) is 0 Å². The first kappa shape index (κ1) is 10.8. The molecular weight excluding hydrogens is 157 g/mol. The van der Waals surface area contributed by atoms with Crippen LogP contribution in [0.25, 0.3) is 0 Å². The van der Waals surface area contributed by atoms with Crippen LogP contribution in [-0.4, -0.2) is 18.9 Å². The van der Waals surface area contributed by atoms with Crippen LogP contribution in [-0.2, 0) is 4.74 Å². The zero-order chi connectivity index (χ0) is 9.07. The molecule has 0 aromatic heterocycles. The highest BCUT2D eigenvalue weighted by Crippen LogP contribution is 2.22. The molecule has 1 nitrogen and oxygen atoms in total. The Morgan fingerprint density at radius 3 is 1.91 bits per heavy atom. The lowest BCUT2D eigenvalue weighted by atomic mass is 10.2. The summed E-state index contributed by atoms with van der Waals surface area (Å²) >= 11 is 0. The van der Waals surface area contributed by atoms with Crippen LogP contribution in [0.4, 0.5) is 13.2 Å². The van der Waals surface area contributed by atoms with Crippen LogP contribution >= 0.6 is 0 Å². The topological polar surface area (TPSA) is 9.23 Å². The van der Waals surface area contributed by atoms with E-state index in [2.05, 4.69) is 4.74 Å². The van der Waals surface area contributed by atoms with Crippen molar-refractivity contribution in [3.63, 3.8) is 0 Å². The molecule has 68 valence electrons. The molecule has 1 atom stereocenters. The van der Waals surface area contributed by atoms with Gasteiger partial charge in [-0.25, -0.2) is 0 Å². The molecule has 0 spiro atoms. The molecular formula is C7H13F3O. The quantitative estimate of drug-likeness (QED) is 0.632. The molecule has 4 heteroatoms. The van der Waals surface area contributed by atoms with Gasteiger partial charge in [0, 0.05) is 6.61 Å². The Morgan fingerprint density at radius 1 is 1.18 bits per heavy atom. The molecule has 0 saturated heterocycles. The van der Waals surface area contributed by atoms with Crippen molar-refractivity contribution in [2.24, 2.45) is 5.92 Å². The summed E-state index contributed by atoms with van der Waals surface area (Å²) in [5.41, 5.74) is 0. The highest BCUT2D eigenvalue weighted by Gasteiger charge is 2.36. The molecule has 0 fully saturated rings. The Morgan fingerprint density at radius 2 is 1.64 bits per heavy atom. The first-order valence-corrected chi connectivity index (χ1v) is 3.52. The Bertz CT molecular complexity index is 109. The van der Waals surface area contributed by atoms with E-state index in [4.69, 9.17) is 0 Å². The summed E-state index contributed by atoms with van der Waals surface area (Å²) in [5.74, 6) is 0.139. The van der Waals surface area contributed by atoms with Gasteiger partial charge in [-0.05, 0) is 12.8 Å². The second-order valence-electron chi connectivity index (χ2n) is 2.91. The van der Waals surface area contributed by atoms with Crippen molar-refractivity contribution < 1.29 is 17.9 Å². The average molecular weight is 170 g/mol. The molecule has 0 amide bonds. The molecule has 1 unspecified atom stereocenters. The van der Waals surface area contributed by atoms with E-state index in [0.717, 1.165) is 6.92 Å². The predicted octanol–water partition coefficient (Wildman–Crippen LogP) is 2.61. The third kappa shape index (κ3) is 5.07. The number of alkyl halides is 3. The summed E-state index contributed by atoms with van der Waals surface area (Å²) in [4.78, 5) is 0. The molecule has 0 rings (SSSR count). The lowest BCUT2D eigenvalue weighted by molar-refractivity contribution is -0.216. The van der Waals surface area contributed by atoms with Gasteiger partial charge in [0.15, 0.2) is 6.10 Å². The molecule has 11 heavy (non-hydrogen) atoms. The lowest BCUT2D eigenvalue weighted by Crippen LogP contribution is -2.29. The van der Waals surface area contributed by atoms with Crippen molar-refractivity contribution in [3.05, 3.63) is 0 Å². The smallest absolute Gasteiger partial charge is 0.369 e. The minimum Gasteiger partial charge on any atom is -0.369 e. The summed E-state index contributed by atoms with van der Waals surface area (Å²) < 4.78 is 39.9. The normalized spacial score (nSPS) is 15.5. The molecule has 0 N–H and O–H groups in total. The summed E-state index contributed by atoms with van der Waals surface area (Å²) in [7, 11) is 0. The number of hydrogen-bond acceptors (Lipinski definition) is 1. The highest BCUT2D eigenvalue weighted by molar-refractivity contribution is 4.60. The van der Waals surface area contributed by atoms with Gasteiger partial charge in [0.1, 0.15) is 0 Å². The summed E-state index contributed by atoms with van der Waals surface area (Å²) in [6, 6.07) is 0. The molecule has 0 heterocycles.